The van der Waals surface area contributed by atoms with E-state index < -0.39 is 0 Å². The van der Waals surface area contributed by atoms with Gasteiger partial charge >= 0.3 is 0 Å². The molecule has 148 valence electrons. The predicted molar refractivity (Wildman–Crippen MR) is 121 cm³/mol. The summed E-state index contributed by atoms with van der Waals surface area (Å²) in [6, 6.07) is 21.0. The number of hydrogen-bond donors (Lipinski definition) is 2. The fourth-order valence-electron chi connectivity index (χ4n) is 3.05. The van der Waals surface area contributed by atoms with E-state index in [1.807, 2.05) is 75.4 Å². The zero-order valence-electron chi connectivity index (χ0n) is 16.8. The number of benzene rings is 3. The third-order valence-corrected chi connectivity index (χ3v) is 5.24. The summed E-state index contributed by atoms with van der Waals surface area (Å²) in [5, 5.41) is 5.85. The topological polar surface area (TPSA) is 58.2 Å². The first-order valence-corrected chi connectivity index (χ1v) is 10.4. The number of hydrogen-bond acceptors (Lipinski definition) is 3. The summed E-state index contributed by atoms with van der Waals surface area (Å²) < 4.78 is 0. The predicted octanol–water partition coefficient (Wildman–Crippen LogP) is 5.59. The van der Waals surface area contributed by atoms with Crippen LogP contribution in [0.1, 0.15) is 27.0 Å². The average molecular weight is 405 g/mol. The monoisotopic (exact) mass is 404 g/mol. The first kappa shape index (κ1) is 20.7. The van der Waals surface area contributed by atoms with Gasteiger partial charge in [0.15, 0.2) is 0 Å². The van der Waals surface area contributed by atoms with Gasteiger partial charge < -0.3 is 10.6 Å². The van der Waals surface area contributed by atoms with Gasteiger partial charge in [-0.2, -0.15) is 0 Å². The Morgan fingerprint density at radius 2 is 1.48 bits per heavy atom. The van der Waals surface area contributed by atoms with Gasteiger partial charge in [0.05, 0.1) is 5.75 Å². The Morgan fingerprint density at radius 1 is 0.759 bits per heavy atom. The number of thioether (sulfide) groups is 1. The van der Waals surface area contributed by atoms with E-state index in [2.05, 4.69) is 16.7 Å². The molecule has 0 aliphatic carbocycles. The van der Waals surface area contributed by atoms with E-state index in [0.29, 0.717) is 17.0 Å². The average Bonchev–Trinajstić information content (AvgIpc) is 2.66. The highest BCUT2D eigenvalue weighted by Gasteiger charge is 2.08. The number of carbonyl (C=O) groups excluding carboxylic acids is 2. The molecular weight excluding hydrogens is 380 g/mol. The molecule has 0 radical (unpaired) electrons. The lowest BCUT2D eigenvalue weighted by Crippen LogP contribution is -2.14. The highest BCUT2D eigenvalue weighted by Crippen LogP contribution is 2.23. The second kappa shape index (κ2) is 9.43. The van der Waals surface area contributed by atoms with Crippen LogP contribution in [0.5, 0.6) is 0 Å². The Bertz CT molecular complexity index is 1030. The van der Waals surface area contributed by atoms with E-state index in [-0.39, 0.29) is 11.8 Å². The fourth-order valence-corrected chi connectivity index (χ4v) is 3.80. The molecule has 0 aliphatic rings. The molecule has 0 aliphatic heterocycles. The first-order valence-electron chi connectivity index (χ1n) is 9.38. The fraction of sp³-hybridized carbons (Fsp3) is 0.167. The molecule has 4 nitrogen and oxygen atoms in total. The smallest absolute Gasteiger partial charge is 0.255 e. The van der Waals surface area contributed by atoms with Crippen LogP contribution in [0.4, 0.5) is 11.4 Å². The SMILES string of the molecule is Cc1cc(C)cc(NC(=O)CSc2cccc(NC(=O)c3cccc(C)c3)c2)c1. The summed E-state index contributed by atoms with van der Waals surface area (Å²) in [5.41, 5.74) is 5.41. The summed E-state index contributed by atoms with van der Waals surface area (Å²) in [6.07, 6.45) is 0. The number of carbonyl (C=O) groups is 2. The summed E-state index contributed by atoms with van der Waals surface area (Å²) in [7, 11) is 0. The lowest BCUT2D eigenvalue weighted by atomic mass is 10.1. The lowest BCUT2D eigenvalue weighted by Gasteiger charge is -2.09. The van der Waals surface area contributed by atoms with E-state index >= 15 is 0 Å². The summed E-state index contributed by atoms with van der Waals surface area (Å²) in [6.45, 7) is 5.97. The molecule has 3 aromatic carbocycles. The van der Waals surface area contributed by atoms with E-state index in [0.717, 1.165) is 27.3 Å². The van der Waals surface area contributed by atoms with Crippen LogP contribution in [0.2, 0.25) is 0 Å². The van der Waals surface area contributed by atoms with Gasteiger partial charge in [0, 0.05) is 21.8 Å². The maximum Gasteiger partial charge on any atom is 0.255 e. The molecule has 0 aromatic heterocycles. The van der Waals surface area contributed by atoms with Crippen LogP contribution < -0.4 is 10.6 Å². The maximum atomic E-state index is 12.4. The molecule has 2 amide bonds. The van der Waals surface area contributed by atoms with Crippen molar-refractivity contribution in [3.05, 3.63) is 89.0 Å². The van der Waals surface area contributed by atoms with Crippen LogP contribution in [0.15, 0.2) is 71.6 Å². The number of nitrogens with one attached hydrogen (secondary N) is 2. The van der Waals surface area contributed by atoms with Crippen LogP contribution in [-0.2, 0) is 4.79 Å². The summed E-state index contributed by atoms with van der Waals surface area (Å²) >= 11 is 1.43. The van der Waals surface area contributed by atoms with Crippen LogP contribution in [-0.4, -0.2) is 17.6 Å². The van der Waals surface area contributed by atoms with Crippen molar-refractivity contribution in [2.24, 2.45) is 0 Å². The highest BCUT2D eigenvalue weighted by atomic mass is 32.2. The van der Waals surface area contributed by atoms with Crippen LogP contribution in [0.3, 0.4) is 0 Å². The molecular formula is C24H24N2O2S. The minimum absolute atomic E-state index is 0.0609. The molecule has 0 bridgehead atoms. The molecule has 0 unspecified atom stereocenters. The molecule has 3 rings (SSSR count). The summed E-state index contributed by atoms with van der Waals surface area (Å²) in [5.74, 6) is 0.0834. The second-order valence-electron chi connectivity index (χ2n) is 7.06. The number of anilines is 2. The van der Waals surface area contributed by atoms with Crippen LogP contribution >= 0.6 is 11.8 Å². The molecule has 5 heteroatoms. The van der Waals surface area contributed by atoms with Crippen molar-refractivity contribution in [1.29, 1.82) is 0 Å². The normalized spacial score (nSPS) is 10.4. The van der Waals surface area contributed by atoms with E-state index in [4.69, 9.17) is 0 Å². The van der Waals surface area contributed by atoms with Gasteiger partial charge in [0.1, 0.15) is 0 Å². The molecule has 3 aromatic rings. The quantitative estimate of drug-likeness (QED) is 0.526. The Hall–Kier alpha value is -3.05. The molecule has 0 saturated heterocycles. The summed E-state index contributed by atoms with van der Waals surface area (Å²) in [4.78, 5) is 25.6. The van der Waals surface area contributed by atoms with E-state index in [1.165, 1.54) is 11.8 Å². The maximum absolute atomic E-state index is 12.4. The molecule has 0 heterocycles. The van der Waals surface area contributed by atoms with Gasteiger partial charge in [0.25, 0.3) is 5.91 Å². The lowest BCUT2D eigenvalue weighted by molar-refractivity contribution is -0.113. The van der Waals surface area contributed by atoms with Gasteiger partial charge in [-0.15, -0.1) is 11.8 Å². The van der Waals surface area contributed by atoms with Gasteiger partial charge in [-0.05, 0) is 74.4 Å². The van der Waals surface area contributed by atoms with Gasteiger partial charge in [-0.25, -0.2) is 0 Å². The molecule has 0 spiro atoms. The molecule has 0 saturated carbocycles. The Morgan fingerprint density at radius 3 is 2.21 bits per heavy atom. The van der Waals surface area contributed by atoms with E-state index in [9.17, 15) is 9.59 Å². The number of aryl methyl sites for hydroxylation is 3. The van der Waals surface area contributed by atoms with Gasteiger partial charge in [-0.1, -0.05) is 29.8 Å². The van der Waals surface area contributed by atoms with Crippen LogP contribution in [0, 0.1) is 20.8 Å². The molecule has 0 fully saturated rings. The van der Waals surface area contributed by atoms with Crippen molar-refractivity contribution in [3.63, 3.8) is 0 Å². The van der Waals surface area contributed by atoms with Gasteiger partial charge in [-0.3, -0.25) is 9.59 Å². The Balaban J connectivity index is 1.58. The van der Waals surface area contributed by atoms with E-state index in [1.54, 1.807) is 6.07 Å². The van der Waals surface area contributed by atoms with Crippen molar-refractivity contribution >= 4 is 35.0 Å². The minimum atomic E-state index is -0.150. The largest absolute Gasteiger partial charge is 0.325 e. The number of rotatable bonds is 6. The van der Waals surface area contributed by atoms with Crippen molar-refractivity contribution in [1.82, 2.24) is 0 Å². The number of amides is 2. The minimum Gasteiger partial charge on any atom is -0.325 e. The third kappa shape index (κ3) is 6.22. The van der Waals surface area contributed by atoms with Crippen molar-refractivity contribution in [2.45, 2.75) is 25.7 Å². The zero-order valence-corrected chi connectivity index (χ0v) is 17.6. The standard InChI is InChI=1S/C24H24N2O2S/c1-16-6-4-7-19(11-16)24(28)26-20-8-5-9-22(14-20)29-15-23(27)25-21-12-17(2)10-18(3)13-21/h4-14H,15H2,1-3H3,(H,25,27)(H,26,28). The van der Waals surface area contributed by atoms with Crippen molar-refractivity contribution in [3.8, 4) is 0 Å². The molecule has 2 N–H and O–H groups in total. The van der Waals surface area contributed by atoms with Crippen LogP contribution in [0.25, 0.3) is 0 Å². The highest BCUT2D eigenvalue weighted by molar-refractivity contribution is 8.00. The second-order valence-corrected chi connectivity index (χ2v) is 8.11. The molecule has 29 heavy (non-hydrogen) atoms. The first-order chi connectivity index (χ1) is 13.9. The third-order valence-electron chi connectivity index (χ3n) is 4.25. The molecule has 0 atom stereocenters. The van der Waals surface area contributed by atoms with Gasteiger partial charge in [0.2, 0.25) is 5.91 Å². The Kier molecular flexibility index (Phi) is 6.73. The van der Waals surface area contributed by atoms with Crippen molar-refractivity contribution in [2.75, 3.05) is 16.4 Å². The van der Waals surface area contributed by atoms with Crippen molar-refractivity contribution < 1.29 is 9.59 Å². The Labute approximate surface area is 175 Å². The zero-order chi connectivity index (χ0) is 20.8.